The van der Waals surface area contributed by atoms with Gasteiger partial charge < -0.3 is 11.5 Å². The van der Waals surface area contributed by atoms with Crippen LogP contribution >= 0.6 is 11.6 Å². The van der Waals surface area contributed by atoms with E-state index >= 15 is 0 Å². The minimum Gasteiger partial charge on any atom is -0.382 e. The Hall–Kier alpha value is -2.21. The molecule has 1 aromatic carbocycles. The SMILES string of the molecule is Nc1nc(Cc2ccc(Cl)cc2)nc(N)c1N=O. The monoisotopic (exact) mass is 263 g/mol. The Kier molecular flexibility index (Phi) is 3.38. The first-order valence-corrected chi connectivity index (χ1v) is 5.47. The number of benzene rings is 1. The second-order valence-corrected chi connectivity index (χ2v) is 4.09. The van der Waals surface area contributed by atoms with Crippen molar-refractivity contribution < 1.29 is 0 Å². The van der Waals surface area contributed by atoms with Crippen molar-refractivity contribution in [3.05, 3.63) is 45.6 Å². The second kappa shape index (κ2) is 4.97. The summed E-state index contributed by atoms with van der Waals surface area (Å²) in [4.78, 5) is 18.4. The molecule has 18 heavy (non-hydrogen) atoms. The van der Waals surface area contributed by atoms with Gasteiger partial charge in [-0.25, -0.2) is 9.97 Å². The predicted molar refractivity (Wildman–Crippen MR) is 70.6 cm³/mol. The molecule has 4 N–H and O–H groups in total. The highest BCUT2D eigenvalue weighted by molar-refractivity contribution is 6.30. The number of hydrogen-bond donors (Lipinski definition) is 2. The van der Waals surface area contributed by atoms with Gasteiger partial charge in [-0.15, -0.1) is 4.91 Å². The minimum absolute atomic E-state index is 0.0125. The first-order chi connectivity index (χ1) is 8.60. The van der Waals surface area contributed by atoms with E-state index in [1.165, 1.54) is 0 Å². The molecule has 0 bridgehead atoms. The first kappa shape index (κ1) is 12.3. The molecule has 1 aromatic heterocycles. The van der Waals surface area contributed by atoms with E-state index in [0.29, 0.717) is 17.3 Å². The number of halogens is 1. The van der Waals surface area contributed by atoms with Gasteiger partial charge in [0.1, 0.15) is 5.82 Å². The van der Waals surface area contributed by atoms with Crippen molar-refractivity contribution in [3.8, 4) is 0 Å². The lowest BCUT2D eigenvalue weighted by Crippen LogP contribution is -2.04. The van der Waals surface area contributed by atoms with E-state index in [4.69, 9.17) is 23.1 Å². The molecule has 0 aliphatic carbocycles. The summed E-state index contributed by atoms with van der Waals surface area (Å²) in [6, 6.07) is 7.24. The zero-order valence-electron chi connectivity index (χ0n) is 9.30. The van der Waals surface area contributed by atoms with Gasteiger partial charge in [-0.1, -0.05) is 23.7 Å². The van der Waals surface area contributed by atoms with Crippen molar-refractivity contribution in [1.29, 1.82) is 0 Å². The number of nitrogen functional groups attached to an aromatic ring is 2. The third-order valence-corrected chi connectivity index (χ3v) is 2.60. The molecule has 92 valence electrons. The molecule has 7 heteroatoms. The van der Waals surface area contributed by atoms with E-state index in [2.05, 4.69) is 15.1 Å². The fourth-order valence-corrected chi connectivity index (χ4v) is 1.62. The summed E-state index contributed by atoms with van der Waals surface area (Å²) in [6.45, 7) is 0. The van der Waals surface area contributed by atoms with Gasteiger partial charge in [0, 0.05) is 11.4 Å². The van der Waals surface area contributed by atoms with E-state index in [0.717, 1.165) is 5.56 Å². The van der Waals surface area contributed by atoms with Crippen LogP contribution < -0.4 is 11.5 Å². The van der Waals surface area contributed by atoms with Gasteiger partial charge in [0.25, 0.3) is 0 Å². The number of nitrogens with two attached hydrogens (primary N) is 2. The van der Waals surface area contributed by atoms with Gasteiger partial charge >= 0.3 is 0 Å². The average Bonchev–Trinajstić information content (AvgIpc) is 2.32. The number of aromatic nitrogens is 2. The third kappa shape index (κ3) is 2.54. The van der Waals surface area contributed by atoms with Gasteiger partial charge in [0.15, 0.2) is 17.3 Å². The van der Waals surface area contributed by atoms with E-state index in [9.17, 15) is 4.91 Å². The molecule has 0 saturated carbocycles. The first-order valence-electron chi connectivity index (χ1n) is 5.10. The summed E-state index contributed by atoms with van der Waals surface area (Å²) in [5, 5.41) is 3.34. The Balaban J connectivity index is 2.30. The number of hydrogen-bond acceptors (Lipinski definition) is 6. The van der Waals surface area contributed by atoms with Crippen LogP contribution in [0, 0.1) is 4.91 Å². The van der Waals surface area contributed by atoms with Gasteiger partial charge in [0.2, 0.25) is 0 Å². The van der Waals surface area contributed by atoms with Crippen molar-refractivity contribution in [2.75, 3.05) is 11.5 Å². The maximum Gasteiger partial charge on any atom is 0.192 e. The molecule has 0 aliphatic rings. The molecule has 0 atom stereocenters. The molecular formula is C11H10ClN5O. The summed E-state index contributed by atoms with van der Waals surface area (Å²) < 4.78 is 0. The van der Waals surface area contributed by atoms with Gasteiger partial charge in [0.05, 0.1) is 0 Å². The lowest BCUT2D eigenvalue weighted by Gasteiger charge is -2.05. The van der Waals surface area contributed by atoms with E-state index < -0.39 is 0 Å². The standard InChI is InChI=1S/C11H10ClN5O/c12-7-3-1-6(2-4-7)5-8-15-10(13)9(17-18)11(14)16-8/h1-4H,5H2,(H4,13,14,15,16). The summed E-state index contributed by atoms with van der Waals surface area (Å²) in [5.41, 5.74) is 12.0. The highest BCUT2D eigenvalue weighted by atomic mass is 35.5. The Morgan fingerprint density at radius 1 is 1.11 bits per heavy atom. The number of rotatable bonds is 3. The molecular weight excluding hydrogens is 254 g/mol. The third-order valence-electron chi connectivity index (χ3n) is 2.35. The van der Waals surface area contributed by atoms with E-state index in [1.807, 2.05) is 12.1 Å². The second-order valence-electron chi connectivity index (χ2n) is 3.65. The fraction of sp³-hybridized carbons (Fsp3) is 0.0909. The van der Waals surface area contributed by atoms with Crippen LogP contribution in [0.15, 0.2) is 29.4 Å². The smallest absolute Gasteiger partial charge is 0.192 e. The number of nitrogens with zero attached hydrogens (tertiary/aromatic N) is 3. The molecule has 0 aliphatic heterocycles. The minimum atomic E-state index is -0.116. The van der Waals surface area contributed by atoms with Crippen molar-refractivity contribution in [3.63, 3.8) is 0 Å². The molecule has 2 rings (SSSR count). The van der Waals surface area contributed by atoms with Gasteiger partial charge in [-0.3, -0.25) is 0 Å². The topological polar surface area (TPSA) is 107 Å². The Labute approximate surface area is 108 Å². The van der Waals surface area contributed by atoms with Crippen molar-refractivity contribution in [2.45, 2.75) is 6.42 Å². The largest absolute Gasteiger partial charge is 0.382 e. The van der Waals surface area contributed by atoms with Crippen LogP contribution in [-0.4, -0.2) is 9.97 Å². The summed E-state index contributed by atoms with van der Waals surface area (Å²) in [6.07, 6.45) is 0.449. The molecule has 0 unspecified atom stereocenters. The number of nitroso groups, excluding NO2 is 1. The predicted octanol–water partition coefficient (Wildman–Crippen LogP) is 2.28. The molecule has 0 fully saturated rings. The Morgan fingerprint density at radius 2 is 1.67 bits per heavy atom. The molecule has 0 radical (unpaired) electrons. The quantitative estimate of drug-likeness (QED) is 0.826. The number of anilines is 2. The highest BCUT2D eigenvalue weighted by Crippen LogP contribution is 2.26. The fourth-order valence-electron chi connectivity index (χ4n) is 1.50. The molecule has 6 nitrogen and oxygen atoms in total. The Bertz CT molecular complexity index is 561. The van der Waals surface area contributed by atoms with Crippen molar-refractivity contribution in [1.82, 2.24) is 9.97 Å². The van der Waals surface area contributed by atoms with Crippen LogP contribution in [0.1, 0.15) is 11.4 Å². The van der Waals surface area contributed by atoms with Crippen LogP contribution in [-0.2, 0) is 6.42 Å². The maximum absolute atomic E-state index is 10.5. The zero-order valence-corrected chi connectivity index (χ0v) is 10.1. The van der Waals surface area contributed by atoms with Crippen LogP contribution in [0.3, 0.4) is 0 Å². The van der Waals surface area contributed by atoms with E-state index in [-0.39, 0.29) is 17.3 Å². The normalized spacial score (nSPS) is 10.3. The van der Waals surface area contributed by atoms with Crippen molar-refractivity contribution in [2.24, 2.45) is 5.18 Å². The van der Waals surface area contributed by atoms with Crippen LogP contribution in [0.2, 0.25) is 5.02 Å². The molecule has 0 amide bonds. The lowest BCUT2D eigenvalue weighted by molar-refractivity contribution is 0.979. The zero-order chi connectivity index (χ0) is 13.1. The molecule has 1 heterocycles. The molecule has 0 saturated heterocycles. The summed E-state index contributed by atoms with van der Waals surface area (Å²) in [5.74, 6) is 0.405. The summed E-state index contributed by atoms with van der Waals surface area (Å²) >= 11 is 5.79. The van der Waals surface area contributed by atoms with Crippen LogP contribution in [0.4, 0.5) is 17.3 Å². The van der Waals surface area contributed by atoms with Gasteiger partial charge in [-0.2, -0.15) is 0 Å². The maximum atomic E-state index is 10.5. The highest BCUT2D eigenvalue weighted by Gasteiger charge is 2.10. The van der Waals surface area contributed by atoms with Crippen LogP contribution in [0.5, 0.6) is 0 Å². The van der Waals surface area contributed by atoms with Crippen molar-refractivity contribution >= 4 is 28.9 Å². The molecule has 2 aromatic rings. The van der Waals surface area contributed by atoms with E-state index in [1.54, 1.807) is 12.1 Å². The average molecular weight is 264 g/mol. The lowest BCUT2D eigenvalue weighted by atomic mass is 10.1. The summed E-state index contributed by atoms with van der Waals surface area (Å²) in [7, 11) is 0. The van der Waals surface area contributed by atoms with Gasteiger partial charge in [-0.05, 0) is 22.9 Å². The van der Waals surface area contributed by atoms with Crippen LogP contribution in [0.25, 0.3) is 0 Å². The Morgan fingerprint density at radius 3 is 2.17 bits per heavy atom. The molecule has 0 spiro atoms.